The van der Waals surface area contributed by atoms with E-state index in [4.69, 9.17) is 13.9 Å². The highest BCUT2D eigenvalue weighted by atomic mass is 19.5. The number of carbonyl (C=O) groups is 1. The topological polar surface area (TPSA) is 62.6 Å². The molecule has 0 unspecified atom stereocenters. The van der Waals surface area contributed by atoms with Gasteiger partial charge in [0.2, 0.25) is 11.0 Å². The minimum absolute atomic E-state index is 0.375. The van der Waals surface area contributed by atoms with Gasteiger partial charge >= 0.3 is 13.2 Å². The Balaban J connectivity index is 0.000000588. The lowest BCUT2D eigenvalue weighted by molar-refractivity contribution is -0.400. The summed E-state index contributed by atoms with van der Waals surface area (Å²) in [7, 11) is -2.99. The molecule has 34 heavy (non-hydrogen) atoms. The molecule has 4 rings (SSSR count). The molecular weight excluding hydrogens is 453 g/mol. The van der Waals surface area contributed by atoms with E-state index in [0.717, 1.165) is 39.1 Å². The van der Waals surface area contributed by atoms with Crippen LogP contribution in [0.5, 0.6) is 5.75 Å². The van der Waals surface area contributed by atoms with Gasteiger partial charge in [-0.15, -0.1) is 0 Å². The largest absolute Gasteiger partial charge is 0.673 e. The van der Waals surface area contributed by atoms with Crippen LogP contribution in [-0.4, -0.2) is 27.4 Å². The molecule has 4 aromatic rings. The predicted molar refractivity (Wildman–Crippen MR) is 120 cm³/mol. The molecule has 1 aromatic heterocycles. The number of methoxy groups -OCH3 is 2. The summed E-state index contributed by atoms with van der Waals surface area (Å²) in [6.07, 6.45) is 0. The lowest BCUT2D eigenvalue weighted by Crippen LogP contribution is -2.70. The Morgan fingerprint density at radius 1 is 0.882 bits per heavy atom. The van der Waals surface area contributed by atoms with Gasteiger partial charge in [-0.25, -0.2) is 9.79 Å². The van der Waals surface area contributed by atoms with E-state index >= 15 is 0 Å². The van der Waals surface area contributed by atoms with Gasteiger partial charge in [-0.05, 0) is 42.5 Å². The average Bonchev–Trinajstić information content (AvgIpc) is 2.82. The normalized spacial score (nSPS) is 11.5. The van der Waals surface area contributed by atoms with Gasteiger partial charge in [-0.1, -0.05) is 18.2 Å². The second kappa shape index (κ2) is 10.7. The number of ether oxygens (including phenoxy) is 2. The lowest BCUT2D eigenvalue weighted by Gasteiger charge is -2.04. The van der Waals surface area contributed by atoms with E-state index in [1.54, 1.807) is 19.2 Å². The minimum atomic E-state index is -6.00. The van der Waals surface area contributed by atoms with Crippen molar-refractivity contribution in [3.8, 4) is 17.1 Å². The van der Waals surface area contributed by atoms with Crippen LogP contribution in [0.1, 0.15) is 10.4 Å². The molecule has 0 aliphatic heterocycles. The number of nitrogens with one attached hydrogen (secondary N) is 1. The summed E-state index contributed by atoms with van der Waals surface area (Å²) >= 11 is 0. The molecule has 0 saturated heterocycles. The second-order valence-electron chi connectivity index (χ2n) is 6.94. The standard InChI is InChI=1S/C24H19NO4.BF4/c1-27-19-12-10-16(11-13-19)23-15-21(20-8-3-4-9-22(20)29-23)25-18-7-5-6-17(14-18)24(26)28-2;2-1(3,4)5/h3-15H,1-2H3;/q;-1/p+1. The van der Waals surface area contributed by atoms with Crippen molar-refractivity contribution in [2.24, 2.45) is 0 Å². The van der Waals surface area contributed by atoms with Crippen LogP contribution in [0.3, 0.4) is 0 Å². The van der Waals surface area contributed by atoms with Crippen molar-refractivity contribution in [2.45, 2.75) is 0 Å². The molecular formula is C24H20BF4NO4. The third kappa shape index (κ3) is 6.71. The molecule has 0 spiro atoms. The molecule has 0 radical (unpaired) electrons. The predicted octanol–water partition coefficient (Wildman–Crippen LogP) is 4.51. The van der Waals surface area contributed by atoms with Crippen molar-refractivity contribution in [3.63, 3.8) is 0 Å². The lowest BCUT2D eigenvalue weighted by atomic mass is 10.1. The van der Waals surface area contributed by atoms with E-state index in [9.17, 15) is 22.1 Å². The summed E-state index contributed by atoms with van der Waals surface area (Å²) < 4.78 is 55.2. The Bertz CT molecular complexity index is 1350. The fraction of sp³-hybridized carbons (Fsp3) is 0.0833. The van der Waals surface area contributed by atoms with E-state index in [1.807, 2.05) is 66.7 Å². The summed E-state index contributed by atoms with van der Waals surface area (Å²) in [4.78, 5) is 15.3. The summed E-state index contributed by atoms with van der Waals surface area (Å²) in [5, 5.41) is 1.81. The number of para-hydroxylation sites is 1. The van der Waals surface area contributed by atoms with Gasteiger partial charge in [0.25, 0.3) is 0 Å². The van der Waals surface area contributed by atoms with Gasteiger partial charge in [0.05, 0.1) is 31.2 Å². The summed E-state index contributed by atoms with van der Waals surface area (Å²) in [5.41, 5.74) is 2.96. The van der Waals surface area contributed by atoms with Gasteiger partial charge < -0.3 is 31.2 Å². The fourth-order valence-corrected chi connectivity index (χ4v) is 3.13. The molecule has 10 heteroatoms. The molecule has 1 N–H and O–H groups in total. The molecule has 0 aliphatic carbocycles. The van der Waals surface area contributed by atoms with E-state index in [-0.39, 0.29) is 5.97 Å². The van der Waals surface area contributed by atoms with Gasteiger partial charge in [0.15, 0.2) is 0 Å². The van der Waals surface area contributed by atoms with Crippen molar-refractivity contribution in [1.82, 2.24) is 0 Å². The Hall–Kier alpha value is -4.08. The zero-order chi connectivity index (χ0) is 24.7. The first kappa shape index (κ1) is 24.6. The third-order valence-corrected chi connectivity index (χ3v) is 4.61. The van der Waals surface area contributed by atoms with Crippen LogP contribution in [-0.2, 0) is 4.74 Å². The van der Waals surface area contributed by atoms with E-state index in [0.29, 0.717) is 5.56 Å². The number of halogens is 4. The monoisotopic (exact) mass is 473 g/mol. The first-order chi connectivity index (χ1) is 16.2. The van der Waals surface area contributed by atoms with Crippen molar-refractivity contribution in [1.29, 1.82) is 0 Å². The molecule has 0 atom stereocenters. The average molecular weight is 473 g/mol. The van der Waals surface area contributed by atoms with Crippen LogP contribution in [0.2, 0.25) is 0 Å². The van der Waals surface area contributed by atoms with Crippen LogP contribution >= 0.6 is 0 Å². The van der Waals surface area contributed by atoms with Crippen LogP contribution in [0.4, 0.5) is 23.0 Å². The molecule has 5 nitrogen and oxygen atoms in total. The number of carbonyl (C=O) groups excluding carboxylic acids is 1. The van der Waals surface area contributed by atoms with Crippen molar-refractivity contribution >= 4 is 29.9 Å². The number of esters is 1. The molecule has 0 bridgehead atoms. The maximum atomic E-state index is 11.8. The molecule has 0 fully saturated rings. The smallest absolute Gasteiger partial charge is 0.497 e. The first-order valence-corrected chi connectivity index (χ1v) is 10.0. The Morgan fingerprint density at radius 2 is 1.56 bits per heavy atom. The molecule has 0 saturated carbocycles. The van der Waals surface area contributed by atoms with E-state index < -0.39 is 7.25 Å². The third-order valence-electron chi connectivity index (χ3n) is 4.61. The number of benzene rings is 3. The van der Waals surface area contributed by atoms with Crippen LogP contribution < -0.4 is 15.1 Å². The van der Waals surface area contributed by atoms with E-state index in [1.165, 1.54) is 7.11 Å². The number of hydrogen-bond acceptors (Lipinski definition) is 4. The van der Waals surface area contributed by atoms with Gasteiger partial charge in [0, 0.05) is 17.7 Å². The molecule has 0 amide bonds. The fourth-order valence-electron chi connectivity index (χ4n) is 3.13. The molecule has 0 aliphatic rings. The van der Waals surface area contributed by atoms with Crippen LogP contribution in [0.25, 0.3) is 22.3 Å². The maximum Gasteiger partial charge on any atom is 0.673 e. The van der Waals surface area contributed by atoms with Gasteiger partial charge in [0.1, 0.15) is 17.1 Å². The zero-order valence-corrected chi connectivity index (χ0v) is 18.2. The summed E-state index contributed by atoms with van der Waals surface area (Å²) in [6, 6.07) is 24.7. The highest BCUT2D eigenvalue weighted by molar-refractivity contribution is 6.50. The van der Waals surface area contributed by atoms with Crippen molar-refractivity contribution < 1.29 is 40.9 Å². The maximum absolute atomic E-state index is 11.8. The zero-order valence-electron chi connectivity index (χ0n) is 18.2. The van der Waals surface area contributed by atoms with Gasteiger partial charge in [-0.3, -0.25) is 0 Å². The van der Waals surface area contributed by atoms with E-state index in [2.05, 4.69) is 4.99 Å². The quantitative estimate of drug-likeness (QED) is 0.269. The Morgan fingerprint density at radius 3 is 2.21 bits per heavy atom. The molecule has 3 aromatic carbocycles. The number of hydrogen-bond donors (Lipinski definition) is 1. The first-order valence-electron chi connectivity index (χ1n) is 10.0. The summed E-state index contributed by atoms with van der Waals surface area (Å²) in [6.45, 7) is 0. The van der Waals surface area contributed by atoms with Crippen molar-refractivity contribution in [2.75, 3.05) is 14.2 Å². The van der Waals surface area contributed by atoms with Gasteiger partial charge in [-0.2, -0.15) is 0 Å². The van der Waals surface area contributed by atoms with Crippen molar-refractivity contribution in [3.05, 3.63) is 89.8 Å². The highest BCUT2D eigenvalue weighted by Crippen LogP contribution is 2.24. The molecule has 176 valence electrons. The second-order valence-corrected chi connectivity index (χ2v) is 6.94. The SMILES string of the molecule is COC(=O)c1cccc([NH+]=c2cc(-c3ccc(OC)cc3)oc3ccccc23)c1.F[B-](F)(F)F. The highest BCUT2D eigenvalue weighted by Gasteiger charge is 2.20. The Labute approximate surface area is 192 Å². The number of fused-ring (bicyclic) bond motifs is 1. The summed E-state index contributed by atoms with van der Waals surface area (Å²) in [5.74, 6) is 1.13. The number of rotatable bonds is 4. The van der Waals surface area contributed by atoms with Crippen LogP contribution in [0.15, 0.2) is 83.3 Å². The minimum Gasteiger partial charge on any atom is -0.497 e. The molecule has 1 heterocycles. The van der Waals surface area contributed by atoms with Crippen LogP contribution in [0, 0.1) is 0 Å². The Kier molecular flexibility index (Phi) is 7.73.